The molecule has 2 N–H and O–H groups in total. The van der Waals surface area contributed by atoms with Crippen molar-refractivity contribution in [1.82, 2.24) is 19.6 Å². The average molecular weight is 465 g/mol. The van der Waals surface area contributed by atoms with Crippen molar-refractivity contribution in [3.8, 4) is 22.5 Å². The first-order chi connectivity index (χ1) is 15.9. The van der Waals surface area contributed by atoms with Crippen LogP contribution in [0.4, 0.5) is 18.9 Å². The number of aromatic amines is 1. The summed E-state index contributed by atoms with van der Waals surface area (Å²) in [6.45, 7) is 0. The third-order valence-electron chi connectivity index (χ3n) is 4.99. The number of anilines is 1. The Morgan fingerprint density at radius 3 is 2.45 bits per heavy atom. The van der Waals surface area contributed by atoms with Gasteiger partial charge in [-0.2, -0.15) is 13.2 Å². The number of hydrogen-bond donors (Lipinski definition) is 2. The number of amides is 1. The SMILES string of the molecule is O=C(Nc1cccc(-c2cccc(-c3nc4ccc(C(F)(F)F)cc4[nH]3)c2)c1)c1csnn1. The lowest BCUT2D eigenvalue weighted by atomic mass is 10.0. The highest BCUT2D eigenvalue weighted by Gasteiger charge is 2.30. The fourth-order valence-electron chi connectivity index (χ4n) is 3.40. The Labute approximate surface area is 189 Å². The Morgan fingerprint density at radius 1 is 0.939 bits per heavy atom. The summed E-state index contributed by atoms with van der Waals surface area (Å²) in [6.07, 6.45) is -4.42. The Balaban J connectivity index is 1.44. The predicted molar refractivity (Wildman–Crippen MR) is 120 cm³/mol. The molecule has 33 heavy (non-hydrogen) atoms. The molecular formula is C23H14F3N5OS. The van der Waals surface area contributed by atoms with Gasteiger partial charge in [-0.1, -0.05) is 34.8 Å². The maximum Gasteiger partial charge on any atom is 0.416 e. The van der Waals surface area contributed by atoms with Gasteiger partial charge in [-0.05, 0) is 59.1 Å². The third kappa shape index (κ3) is 4.33. The largest absolute Gasteiger partial charge is 0.416 e. The molecule has 0 spiro atoms. The molecule has 0 aliphatic heterocycles. The summed E-state index contributed by atoms with van der Waals surface area (Å²) in [7, 11) is 0. The molecule has 10 heteroatoms. The number of H-pyrrole nitrogens is 1. The molecule has 0 saturated carbocycles. The van der Waals surface area contributed by atoms with E-state index in [2.05, 4.69) is 24.9 Å². The molecule has 0 unspecified atom stereocenters. The number of nitrogens with zero attached hydrogens (tertiary/aromatic N) is 3. The minimum atomic E-state index is -4.42. The van der Waals surface area contributed by atoms with Crippen molar-refractivity contribution in [2.75, 3.05) is 5.32 Å². The second kappa shape index (κ2) is 8.14. The van der Waals surface area contributed by atoms with E-state index in [4.69, 9.17) is 0 Å². The van der Waals surface area contributed by atoms with Gasteiger partial charge in [-0.15, -0.1) is 5.10 Å². The van der Waals surface area contributed by atoms with Crippen LogP contribution in [0.3, 0.4) is 0 Å². The van der Waals surface area contributed by atoms with Crippen molar-refractivity contribution in [3.05, 3.63) is 83.4 Å². The minimum absolute atomic E-state index is 0.242. The van der Waals surface area contributed by atoms with E-state index in [0.717, 1.165) is 40.4 Å². The molecule has 0 aliphatic carbocycles. The summed E-state index contributed by atoms with van der Waals surface area (Å²) in [5.41, 5.74) is 3.30. The van der Waals surface area contributed by atoms with Crippen LogP contribution in [-0.4, -0.2) is 25.5 Å². The predicted octanol–water partition coefficient (Wildman–Crippen LogP) is 6.02. The van der Waals surface area contributed by atoms with E-state index in [-0.39, 0.29) is 11.6 Å². The van der Waals surface area contributed by atoms with Crippen molar-refractivity contribution in [2.24, 2.45) is 0 Å². The number of fused-ring (bicyclic) bond motifs is 1. The number of halogens is 3. The number of carbonyl (C=O) groups excluding carboxylic acids is 1. The van der Waals surface area contributed by atoms with E-state index in [0.29, 0.717) is 22.5 Å². The summed E-state index contributed by atoms with van der Waals surface area (Å²) >= 11 is 1.09. The lowest BCUT2D eigenvalue weighted by Crippen LogP contribution is -2.12. The van der Waals surface area contributed by atoms with Crippen molar-refractivity contribution >= 4 is 34.2 Å². The monoisotopic (exact) mass is 465 g/mol. The lowest BCUT2D eigenvalue weighted by molar-refractivity contribution is -0.137. The highest BCUT2D eigenvalue weighted by Crippen LogP contribution is 2.32. The quantitative estimate of drug-likeness (QED) is 0.340. The molecule has 2 aromatic heterocycles. The normalized spacial score (nSPS) is 11.6. The zero-order chi connectivity index (χ0) is 23.0. The van der Waals surface area contributed by atoms with E-state index in [1.54, 1.807) is 11.4 Å². The number of imidazole rings is 1. The molecule has 5 rings (SSSR count). The number of nitrogens with one attached hydrogen (secondary N) is 2. The molecule has 0 atom stereocenters. The van der Waals surface area contributed by atoms with Crippen molar-refractivity contribution in [2.45, 2.75) is 6.18 Å². The van der Waals surface area contributed by atoms with Crippen LogP contribution in [0.15, 0.2) is 72.1 Å². The summed E-state index contributed by atoms with van der Waals surface area (Å²) in [4.78, 5) is 19.7. The van der Waals surface area contributed by atoms with E-state index >= 15 is 0 Å². The number of alkyl halides is 3. The first kappa shape index (κ1) is 20.8. The zero-order valence-electron chi connectivity index (χ0n) is 16.7. The molecule has 0 fully saturated rings. The highest BCUT2D eigenvalue weighted by molar-refractivity contribution is 7.03. The van der Waals surface area contributed by atoms with Crippen LogP contribution in [0.2, 0.25) is 0 Å². The first-order valence-electron chi connectivity index (χ1n) is 9.73. The van der Waals surface area contributed by atoms with Crippen LogP contribution in [0.25, 0.3) is 33.5 Å². The number of carbonyl (C=O) groups is 1. The van der Waals surface area contributed by atoms with Gasteiger partial charge in [0, 0.05) is 16.6 Å². The zero-order valence-corrected chi connectivity index (χ0v) is 17.5. The van der Waals surface area contributed by atoms with Gasteiger partial charge < -0.3 is 10.3 Å². The molecule has 5 aromatic rings. The number of rotatable bonds is 4. The Morgan fingerprint density at radius 2 is 1.70 bits per heavy atom. The minimum Gasteiger partial charge on any atom is -0.338 e. The van der Waals surface area contributed by atoms with Crippen molar-refractivity contribution in [1.29, 1.82) is 0 Å². The van der Waals surface area contributed by atoms with Crippen LogP contribution >= 0.6 is 11.5 Å². The van der Waals surface area contributed by atoms with Gasteiger partial charge >= 0.3 is 6.18 Å². The first-order valence-corrected chi connectivity index (χ1v) is 10.6. The summed E-state index contributed by atoms with van der Waals surface area (Å²) in [6, 6.07) is 18.2. The Hall–Kier alpha value is -4.05. The second-order valence-electron chi connectivity index (χ2n) is 7.22. The molecule has 6 nitrogen and oxygen atoms in total. The van der Waals surface area contributed by atoms with Crippen LogP contribution in [0.1, 0.15) is 16.1 Å². The second-order valence-corrected chi connectivity index (χ2v) is 7.83. The van der Waals surface area contributed by atoms with Gasteiger partial charge in [0.05, 0.1) is 16.6 Å². The molecular weight excluding hydrogens is 451 g/mol. The van der Waals surface area contributed by atoms with Gasteiger partial charge in [0.25, 0.3) is 5.91 Å². The molecule has 0 saturated heterocycles. The maximum atomic E-state index is 13.0. The van der Waals surface area contributed by atoms with E-state index < -0.39 is 11.7 Å². The van der Waals surface area contributed by atoms with Gasteiger partial charge in [-0.25, -0.2) is 4.98 Å². The van der Waals surface area contributed by atoms with Crippen LogP contribution in [0.5, 0.6) is 0 Å². The molecule has 3 aromatic carbocycles. The Kier molecular flexibility index (Phi) is 5.14. The molecule has 0 aliphatic rings. The van der Waals surface area contributed by atoms with Crippen LogP contribution in [-0.2, 0) is 6.18 Å². The molecule has 164 valence electrons. The summed E-state index contributed by atoms with van der Waals surface area (Å²) in [5, 5.41) is 8.11. The highest BCUT2D eigenvalue weighted by atomic mass is 32.1. The van der Waals surface area contributed by atoms with Crippen molar-refractivity contribution < 1.29 is 18.0 Å². The van der Waals surface area contributed by atoms with Gasteiger partial charge in [-0.3, -0.25) is 4.79 Å². The summed E-state index contributed by atoms with van der Waals surface area (Å²) < 4.78 is 42.7. The number of benzene rings is 3. The van der Waals surface area contributed by atoms with Gasteiger partial charge in [0.1, 0.15) is 5.82 Å². The lowest BCUT2D eigenvalue weighted by Gasteiger charge is -2.08. The van der Waals surface area contributed by atoms with Crippen LogP contribution < -0.4 is 5.32 Å². The third-order valence-corrected chi connectivity index (χ3v) is 5.50. The smallest absolute Gasteiger partial charge is 0.338 e. The molecule has 0 bridgehead atoms. The fourth-order valence-corrected chi connectivity index (χ4v) is 3.84. The van der Waals surface area contributed by atoms with E-state index in [9.17, 15) is 18.0 Å². The van der Waals surface area contributed by atoms with E-state index in [1.165, 1.54) is 6.07 Å². The van der Waals surface area contributed by atoms with Crippen molar-refractivity contribution in [3.63, 3.8) is 0 Å². The summed E-state index contributed by atoms with van der Waals surface area (Å²) in [5.74, 6) is 0.113. The fraction of sp³-hybridized carbons (Fsp3) is 0.0435. The van der Waals surface area contributed by atoms with Gasteiger partial charge in [0.2, 0.25) is 0 Å². The topological polar surface area (TPSA) is 83.6 Å². The molecule has 2 heterocycles. The molecule has 0 radical (unpaired) electrons. The Bertz CT molecular complexity index is 1460. The maximum absolute atomic E-state index is 13.0. The average Bonchev–Trinajstić information content (AvgIpc) is 3.48. The molecule has 1 amide bonds. The van der Waals surface area contributed by atoms with E-state index in [1.807, 2.05) is 42.5 Å². The number of aromatic nitrogens is 4. The van der Waals surface area contributed by atoms with Crippen LogP contribution in [0, 0.1) is 0 Å². The standard InChI is InChI=1S/C23H14F3N5OS/c24-23(25,26)16-7-8-18-19(11-16)29-21(28-18)15-5-1-3-13(9-15)14-4-2-6-17(10-14)27-22(32)20-12-33-31-30-20/h1-12H,(H,27,32)(H,28,29). The van der Waals surface area contributed by atoms with Gasteiger partial charge in [0.15, 0.2) is 5.69 Å². The number of hydrogen-bond acceptors (Lipinski definition) is 5.